The van der Waals surface area contributed by atoms with E-state index < -0.39 is 0 Å². The Bertz CT molecular complexity index is 477. The predicted octanol–water partition coefficient (Wildman–Crippen LogP) is 4.36. The molecule has 1 aromatic heterocycles. The fourth-order valence-corrected chi connectivity index (χ4v) is 1.73. The molecule has 0 N–H and O–H groups in total. The summed E-state index contributed by atoms with van der Waals surface area (Å²) in [6, 6.07) is 9.48. The zero-order valence-corrected chi connectivity index (χ0v) is 9.68. The molecule has 0 amide bonds. The van der Waals surface area contributed by atoms with E-state index >= 15 is 0 Å². The molecule has 0 aliphatic carbocycles. The standard InChI is InChI=1S/C12H9Cl2N/c1-8-5-6-11(15-7-8)9-3-2-4-10(13)12(9)14/h2-7H,1H3. The number of hydrogen-bond donors (Lipinski definition) is 0. The number of pyridine rings is 1. The van der Waals surface area contributed by atoms with Crippen LogP contribution in [0.4, 0.5) is 0 Å². The molecule has 0 fully saturated rings. The van der Waals surface area contributed by atoms with Gasteiger partial charge in [0.05, 0.1) is 15.7 Å². The van der Waals surface area contributed by atoms with Crippen LogP contribution >= 0.6 is 23.2 Å². The highest BCUT2D eigenvalue weighted by Gasteiger charge is 2.06. The minimum absolute atomic E-state index is 0.551. The van der Waals surface area contributed by atoms with Crippen molar-refractivity contribution in [2.75, 3.05) is 0 Å². The van der Waals surface area contributed by atoms with E-state index in [1.54, 1.807) is 6.07 Å². The van der Waals surface area contributed by atoms with Gasteiger partial charge in [-0.1, -0.05) is 41.4 Å². The molecular weight excluding hydrogens is 229 g/mol. The number of aryl methyl sites for hydroxylation is 1. The van der Waals surface area contributed by atoms with Gasteiger partial charge in [0.1, 0.15) is 0 Å². The summed E-state index contributed by atoms with van der Waals surface area (Å²) in [4.78, 5) is 4.31. The van der Waals surface area contributed by atoms with Gasteiger partial charge in [-0.25, -0.2) is 0 Å². The fourth-order valence-electron chi connectivity index (χ4n) is 1.33. The van der Waals surface area contributed by atoms with Gasteiger partial charge in [-0.05, 0) is 24.6 Å². The van der Waals surface area contributed by atoms with Crippen molar-refractivity contribution in [1.82, 2.24) is 4.98 Å². The molecule has 2 rings (SSSR count). The van der Waals surface area contributed by atoms with Crippen molar-refractivity contribution in [1.29, 1.82) is 0 Å². The summed E-state index contributed by atoms with van der Waals surface area (Å²) < 4.78 is 0. The first-order valence-electron chi connectivity index (χ1n) is 4.55. The van der Waals surface area contributed by atoms with Gasteiger partial charge in [-0.2, -0.15) is 0 Å². The second kappa shape index (κ2) is 4.21. The fraction of sp³-hybridized carbons (Fsp3) is 0.0833. The molecule has 1 heterocycles. The van der Waals surface area contributed by atoms with Gasteiger partial charge in [0.2, 0.25) is 0 Å². The van der Waals surface area contributed by atoms with E-state index in [0.717, 1.165) is 16.8 Å². The van der Waals surface area contributed by atoms with Crippen LogP contribution in [0.25, 0.3) is 11.3 Å². The quantitative estimate of drug-likeness (QED) is 0.719. The van der Waals surface area contributed by atoms with Crippen LogP contribution in [0.15, 0.2) is 36.5 Å². The van der Waals surface area contributed by atoms with Crippen LogP contribution in [0.1, 0.15) is 5.56 Å². The maximum atomic E-state index is 6.10. The van der Waals surface area contributed by atoms with E-state index in [9.17, 15) is 0 Å². The Hall–Kier alpha value is -1.05. The second-order valence-corrected chi connectivity index (χ2v) is 4.11. The Balaban J connectivity index is 2.54. The minimum Gasteiger partial charge on any atom is -0.256 e. The average Bonchev–Trinajstić information content (AvgIpc) is 2.24. The SMILES string of the molecule is Cc1ccc(-c2cccc(Cl)c2Cl)nc1. The number of nitrogens with zero attached hydrogens (tertiary/aromatic N) is 1. The number of halogens is 2. The van der Waals surface area contributed by atoms with E-state index in [0.29, 0.717) is 10.0 Å². The van der Waals surface area contributed by atoms with Crippen LogP contribution in [0.5, 0.6) is 0 Å². The number of rotatable bonds is 1. The van der Waals surface area contributed by atoms with E-state index in [-0.39, 0.29) is 0 Å². The van der Waals surface area contributed by atoms with Gasteiger partial charge < -0.3 is 0 Å². The normalized spacial score (nSPS) is 10.3. The zero-order valence-electron chi connectivity index (χ0n) is 8.17. The summed E-state index contributed by atoms with van der Waals surface area (Å²) in [7, 11) is 0. The molecule has 0 unspecified atom stereocenters. The summed E-state index contributed by atoms with van der Waals surface area (Å²) >= 11 is 12.0. The Kier molecular flexibility index (Phi) is 2.94. The zero-order chi connectivity index (χ0) is 10.8. The van der Waals surface area contributed by atoms with Gasteiger partial charge in [-0.3, -0.25) is 4.98 Å². The molecule has 0 bridgehead atoms. The van der Waals surface area contributed by atoms with Gasteiger partial charge in [0.15, 0.2) is 0 Å². The van der Waals surface area contributed by atoms with E-state index in [4.69, 9.17) is 23.2 Å². The second-order valence-electron chi connectivity index (χ2n) is 3.32. The van der Waals surface area contributed by atoms with Crippen LogP contribution < -0.4 is 0 Å². The molecule has 3 heteroatoms. The lowest BCUT2D eigenvalue weighted by Gasteiger charge is -2.04. The van der Waals surface area contributed by atoms with Crippen LogP contribution in [-0.2, 0) is 0 Å². The third-order valence-corrected chi connectivity index (χ3v) is 2.96. The van der Waals surface area contributed by atoms with Gasteiger partial charge in [0.25, 0.3) is 0 Å². The maximum Gasteiger partial charge on any atom is 0.0717 e. The predicted molar refractivity (Wildman–Crippen MR) is 64.4 cm³/mol. The number of benzene rings is 1. The lowest BCUT2D eigenvalue weighted by Crippen LogP contribution is -1.85. The number of aromatic nitrogens is 1. The molecular formula is C12H9Cl2N. The van der Waals surface area contributed by atoms with Crippen molar-refractivity contribution in [3.05, 3.63) is 52.1 Å². The van der Waals surface area contributed by atoms with Crippen LogP contribution in [0.3, 0.4) is 0 Å². The van der Waals surface area contributed by atoms with Crippen molar-refractivity contribution in [2.24, 2.45) is 0 Å². The molecule has 0 radical (unpaired) electrons. The lowest BCUT2D eigenvalue weighted by molar-refractivity contribution is 1.27. The largest absolute Gasteiger partial charge is 0.256 e. The van der Waals surface area contributed by atoms with Crippen molar-refractivity contribution in [3.63, 3.8) is 0 Å². The van der Waals surface area contributed by atoms with E-state index in [1.807, 2.05) is 37.4 Å². The molecule has 15 heavy (non-hydrogen) atoms. The molecule has 0 spiro atoms. The molecule has 0 atom stereocenters. The smallest absolute Gasteiger partial charge is 0.0717 e. The first kappa shape index (κ1) is 10.5. The third kappa shape index (κ3) is 2.14. The Morgan fingerprint density at radius 3 is 2.53 bits per heavy atom. The minimum atomic E-state index is 0.551. The molecule has 1 aromatic carbocycles. The van der Waals surface area contributed by atoms with E-state index in [2.05, 4.69) is 4.98 Å². The highest BCUT2D eigenvalue weighted by molar-refractivity contribution is 6.43. The molecule has 0 saturated heterocycles. The molecule has 0 aliphatic rings. The molecule has 1 nitrogen and oxygen atoms in total. The van der Waals surface area contributed by atoms with Gasteiger partial charge >= 0.3 is 0 Å². The molecule has 0 saturated carbocycles. The van der Waals surface area contributed by atoms with Crippen molar-refractivity contribution >= 4 is 23.2 Å². The summed E-state index contributed by atoms with van der Waals surface area (Å²) in [5.74, 6) is 0. The Morgan fingerprint density at radius 2 is 1.87 bits per heavy atom. The average molecular weight is 238 g/mol. The number of hydrogen-bond acceptors (Lipinski definition) is 1. The lowest BCUT2D eigenvalue weighted by atomic mass is 10.1. The van der Waals surface area contributed by atoms with Crippen molar-refractivity contribution in [3.8, 4) is 11.3 Å². The first-order chi connectivity index (χ1) is 7.18. The van der Waals surface area contributed by atoms with Crippen LogP contribution in [0.2, 0.25) is 10.0 Å². The summed E-state index contributed by atoms with van der Waals surface area (Å²) in [5, 5.41) is 1.10. The highest BCUT2D eigenvalue weighted by atomic mass is 35.5. The monoisotopic (exact) mass is 237 g/mol. The van der Waals surface area contributed by atoms with Crippen LogP contribution in [-0.4, -0.2) is 4.98 Å². The van der Waals surface area contributed by atoms with Gasteiger partial charge in [-0.15, -0.1) is 0 Å². The molecule has 2 aromatic rings. The van der Waals surface area contributed by atoms with E-state index in [1.165, 1.54) is 0 Å². The third-order valence-electron chi connectivity index (χ3n) is 2.14. The summed E-state index contributed by atoms with van der Waals surface area (Å²) in [6.07, 6.45) is 1.81. The maximum absolute atomic E-state index is 6.10. The summed E-state index contributed by atoms with van der Waals surface area (Å²) in [5.41, 5.74) is 2.83. The van der Waals surface area contributed by atoms with Crippen LogP contribution in [0, 0.1) is 6.92 Å². The summed E-state index contributed by atoms with van der Waals surface area (Å²) in [6.45, 7) is 2.00. The topological polar surface area (TPSA) is 12.9 Å². The highest BCUT2D eigenvalue weighted by Crippen LogP contribution is 2.32. The van der Waals surface area contributed by atoms with Crippen molar-refractivity contribution in [2.45, 2.75) is 6.92 Å². The van der Waals surface area contributed by atoms with Crippen molar-refractivity contribution < 1.29 is 0 Å². The first-order valence-corrected chi connectivity index (χ1v) is 5.31. The Labute approximate surface area is 98.7 Å². The molecule has 76 valence electrons. The van der Waals surface area contributed by atoms with Gasteiger partial charge in [0, 0.05) is 11.8 Å². The Morgan fingerprint density at radius 1 is 1.07 bits per heavy atom. The molecule has 0 aliphatic heterocycles.